The monoisotopic (exact) mass is 414 g/mol. The second-order valence-electron chi connectivity index (χ2n) is 7.70. The Balaban J connectivity index is 1.90. The zero-order valence-electron chi connectivity index (χ0n) is 17.6. The fourth-order valence-electron chi connectivity index (χ4n) is 4.13. The summed E-state index contributed by atoms with van der Waals surface area (Å²) < 4.78 is 6.51. The number of nitrogens with one attached hydrogen (secondary N) is 1. The molecule has 162 valence electrons. The number of ketones is 1. The van der Waals surface area contributed by atoms with E-state index in [-0.39, 0.29) is 29.8 Å². The van der Waals surface area contributed by atoms with Crippen molar-refractivity contribution in [2.45, 2.75) is 51.6 Å². The van der Waals surface area contributed by atoms with Gasteiger partial charge in [0.1, 0.15) is 17.1 Å². The zero-order chi connectivity index (χ0) is 21.7. The number of nitrogens with two attached hydrogens (primary N) is 1. The summed E-state index contributed by atoms with van der Waals surface area (Å²) in [6, 6.07) is 7.96. The van der Waals surface area contributed by atoms with Gasteiger partial charge in [0.25, 0.3) is 5.56 Å². The largest absolute Gasteiger partial charge is 0.497 e. The van der Waals surface area contributed by atoms with Gasteiger partial charge in [-0.3, -0.25) is 24.0 Å². The Morgan fingerprint density at radius 2 is 1.93 bits per heavy atom. The number of benzene rings is 1. The lowest BCUT2D eigenvalue weighted by Crippen LogP contribution is -2.40. The van der Waals surface area contributed by atoms with Gasteiger partial charge < -0.3 is 10.5 Å². The molecule has 1 saturated heterocycles. The minimum atomic E-state index is -0.717. The number of H-pyrrole nitrogens is 1. The van der Waals surface area contributed by atoms with Crippen molar-refractivity contribution >= 4 is 11.6 Å². The number of hydrogen-bond acceptors (Lipinski definition) is 6. The molecule has 8 heteroatoms. The number of aromatic amines is 1. The van der Waals surface area contributed by atoms with E-state index in [1.54, 1.807) is 7.11 Å². The van der Waals surface area contributed by atoms with Crippen LogP contribution in [-0.2, 0) is 6.54 Å². The third-order valence-corrected chi connectivity index (χ3v) is 5.68. The number of likely N-dealkylation sites (tertiary alicyclic amines) is 1. The van der Waals surface area contributed by atoms with Crippen molar-refractivity contribution in [1.82, 2.24) is 14.5 Å². The lowest BCUT2D eigenvalue weighted by molar-refractivity contribution is 0.0891. The Hall–Kier alpha value is -2.87. The van der Waals surface area contributed by atoms with Crippen LogP contribution < -0.4 is 21.7 Å². The molecule has 3 N–H and O–H groups in total. The fraction of sp³-hybridized carbons (Fsp3) is 0.500. The number of carbonyl (C=O) groups is 1. The number of carbonyl (C=O) groups excluding carboxylic acids is 1. The van der Waals surface area contributed by atoms with Gasteiger partial charge in [-0.1, -0.05) is 31.9 Å². The van der Waals surface area contributed by atoms with Crippen LogP contribution in [0.5, 0.6) is 5.75 Å². The second kappa shape index (κ2) is 9.75. The minimum Gasteiger partial charge on any atom is -0.497 e. The van der Waals surface area contributed by atoms with Crippen molar-refractivity contribution in [1.29, 1.82) is 0 Å². The number of ether oxygens (including phenoxy) is 1. The molecule has 2 aromatic rings. The Morgan fingerprint density at radius 3 is 2.60 bits per heavy atom. The van der Waals surface area contributed by atoms with Gasteiger partial charge in [-0.25, -0.2) is 4.79 Å². The number of Topliss-reactive ketones (excluding diaryl/α,β-unsaturated/α-hetero) is 1. The predicted octanol–water partition coefficient (Wildman–Crippen LogP) is 2.34. The zero-order valence-corrected chi connectivity index (χ0v) is 17.6. The predicted molar refractivity (Wildman–Crippen MR) is 116 cm³/mol. The molecule has 30 heavy (non-hydrogen) atoms. The number of anilines is 1. The van der Waals surface area contributed by atoms with Crippen LogP contribution in [0.15, 0.2) is 33.9 Å². The second-order valence-corrected chi connectivity index (χ2v) is 7.70. The number of hydrogen-bond donors (Lipinski definition) is 2. The van der Waals surface area contributed by atoms with Crippen LogP contribution in [-0.4, -0.2) is 40.4 Å². The van der Waals surface area contributed by atoms with Crippen molar-refractivity contribution in [3.8, 4) is 5.75 Å². The van der Waals surface area contributed by atoms with E-state index in [0.29, 0.717) is 13.0 Å². The van der Waals surface area contributed by atoms with Crippen molar-refractivity contribution in [3.63, 3.8) is 0 Å². The molecule has 1 atom stereocenters. The lowest BCUT2D eigenvalue weighted by Gasteiger charge is -2.30. The maximum Gasteiger partial charge on any atom is 0.329 e. The van der Waals surface area contributed by atoms with Crippen molar-refractivity contribution in [2.75, 3.05) is 25.9 Å². The van der Waals surface area contributed by atoms with Crippen LogP contribution in [0.3, 0.4) is 0 Å². The van der Waals surface area contributed by atoms with Gasteiger partial charge in [0.2, 0.25) is 0 Å². The van der Waals surface area contributed by atoms with Crippen LogP contribution in [0.1, 0.15) is 61.0 Å². The van der Waals surface area contributed by atoms with E-state index in [4.69, 9.17) is 10.5 Å². The summed E-state index contributed by atoms with van der Waals surface area (Å²) >= 11 is 0. The molecule has 0 bridgehead atoms. The molecular weight excluding hydrogens is 384 g/mol. The molecule has 1 aromatic carbocycles. The average Bonchev–Trinajstić information content (AvgIpc) is 2.96. The third kappa shape index (κ3) is 4.64. The summed E-state index contributed by atoms with van der Waals surface area (Å²) in [4.78, 5) is 41.9. The molecule has 0 unspecified atom stereocenters. The van der Waals surface area contributed by atoms with Gasteiger partial charge in [0.05, 0.1) is 13.7 Å². The normalized spacial score (nSPS) is 17.5. The first-order valence-electron chi connectivity index (χ1n) is 10.5. The van der Waals surface area contributed by atoms with Crippen LogP contribution >= 0.6 is 0 Å². The van der Waals surface area contributed by atoms with Crippen LogP contribution in [0.25, 0.3) is 0 Å². The van der Waals surface area contributed by atoms with Gasteiger partial charge in [-0.15, -0.1) is 0 Å². The summed E-state index contributed by atoms with van der Waals surface area (Å²) in [5, 5.41) is 0. The van der Waals surface area contributed by atoms with E-state index in [2.05, 4.69) is 9.88 Å². The SMILES string of the molecule is CCCn1c(N)c(C(=O)CN2CCCCC[C@H]2c2ccc(OC)cc2)c(=O)[nH]c1=O. The molecule has 8 nitrogen and oxygen atoms in total. The molecule has 0 saturated carbocycles. The maximum absolute atomic E-state index is 13.1. The fourth-order valence-corrected chi connectivity index (χ4v) is 4.13. The first-order valence-corrected chi connectivity index (χ1v) is 10.5. The van der Waals surface area contributed by atoms with Crippen LogP contribution in [0, 0.1) is 0 Å². The van der Waals surface area contributed by atoms with Gasteiger partial charge >= 0.3 is 5.69 Å². The number of nitrogens with zero attached hydrogens (tertiary/aromatic N) is 2. The number of rotatable bonds is 7. The Bertz CT molecular complexity index is 994. The van der Waals surface area contributed by atoms with Gasteiger partial charge in [0.15, 0.2) is 5.78 Å². The first kappa shape index (κ1) is 21.8. The van der Waals surface area contributed by atoms with Gasteiger partial charge in [-0.05, 0) is 43.5 Å². The first-order chi connectivity index (χ1) is 14.5. The van der Waals surface area contributed by atoms with Gasteiger partial charge in [-0.2, -0.15) is 0 Å². The summed E-state index contributed by atoms with van der Waals surface area (Å²) in [6.07, 6.45) is 4.75. The van der Waals surface area contributed by atoms with E-state index in [1.165, 1.54) is 4.57 Å². The highest BCUT2D eigenvalue weighted by Crippen LogP contribution is 2.31. The lowest BCUT2D eigenvalue weighted by atomic mass is 10.00. The Labute approximate surface area is 175 Å². The maximum atomic E-state index is 13.1. The summed E-state index contributed by atoms with van der Waals surface area (Å²) in [6.45, 7) is 3.08. The minimum absolute atomic E-state index is 0.0496. The van der Waals surface area contributed by atoms with Gasteiger partial charge in [0, 0.05) is 12.6 Å². The highest BCUT2D eigenvalue weighted by atomic mass is 16.5. The summed E-state index contributed by atoms with van der Waals surface area (Å²) in [5.74, 6) is 0.373. The molecule has 1 aliphatic rings. The summed E-state index contributed by atoms with van der Waals surface area (Å²) in [7, 11) is 1.63. The van der Waals surface area contributed by atoms with E-state index in [1.807, 2.05) is 31.2 Å². The van der Waals surface area contributed by atoms with Crippen LogP contribution in [0.4, 0.5) is 5.82 Å². The average molecular weight is 415 g/mol. The molecular formula is C22H30N4O4. The molecule has 0 radical (unpaired) electrons. The standard InChI is InChI=1S/C22H30N4O4/c1-3-12-26-20(23)19(21(28)24-22(26)29)18(27)14-25-13-6-4-5-7-17(25)15-8-10-16(30-2)11-9-15/h8-11,17H,3-7,12-14,23H2,1-2H3,(H,24,28,29)/t17-/m0/s1. The third-order valence-electron chi connectivity index (χ3n) is 5.68. The molecule has 3 rings (SSSR count). The molecule has 0 aliphatic carbocycles. The number of nitrogen functional groups attached to an aromatic ring is 1. The summed E-state index contributed by atoms with van der Waals surface area (Å²) in [5.41, 5.74) is 5.77. The number of methoxy groups -OCH3 is 1. The highest BCUT2D eigenvalue weighted by molar-refractivity contribution is 6.01. The molecule has 0 spiro atoms. The van der Waals surface area contributed by atoms with E-state index in [0.717, 1.165) is 43.5 Å². The molecule has 1 fully saturated rings. The Morgan fingerprint density at radius 1 is 1.20 bits per heavy atom. The molecule has 1 aromatic heterocycles. The Kier molecular flexibility index (Phi) is 7.10. The van der Waals surface area contributed by atoms with Crippen LogP contribution in [0.2, 0.25) is 0 Å². The highest BCUT2D eigenvalue weighted by Gasteiger charge is 2.27. The molecule has 1 aliphatic heterocycles. The van der Waals surface area contributed by atoms with E-state index < -0.39 is 11.2 Å². The van der Waals surface area contributed by atoms with E-state index >= 15 is 0 Å². The number of aromatic nitrogens is 2. The smallest absolute Gasteiger partial charge is 0.329 e. The van der Waals surface area contributed by atoms with Crippen molar-refractivity contribution < 1.29 is 9.53 Å². The van der Waals surface area contributed by atoms with Crippen molar-refractivity contribution in [2.24, 2.45) is 0 Å². The molecule has 0 amide bonds. The van der Waals surface area contributed by atoms with E-state index in [9.17, 15) is 14.4 Å². The topological polar surface area (TPSA) is 110 Å². The van der Waals surface area contributed by atoms with Crippen molar-refractivity contribution in [3.05, 3.63) is 56.2 Å². The molecule has 2 heterocycles. The quantitative estimate of drug-likeness (QED) is 0.673.